The van der Waals surface area contributed by atoms with E-state index in [1.54, 1.807) is 0 Å². The van der Waals surface area contributed by atoms with E-state index in [2.05, 4.69) is 29.6 Å². The van der Waals surface area contributed by atoms with Crippen molar-refractivity contribution in [1.29, 1.82) is 0 Å². The first-order valence-electron chi connectivity index (χ1n) is 6.50. The molecule has 16 heavy (non-hydrogen) atoms. The van der Waals surface area contributed by atoms with Gasteiger partial charge in [0.2, 0.25) is 5.96 Å². The van der Waals surface area contributed by atoms with Crippen LogP contribution in [0.2, 0.25) is 0 Å². The highest BCUT2D eigenvalue weighted by atomic mass is 15.3. The summed E-state index contributed by atoms with van der Waals surface area (Å²) in [7, 11) is 0. The summed E-state index contributed by atoms with van der Waals surface area (Å²) in [6.45, 7) is 5.34. The normalized spacial score (nSPS) is 18.1. The molecule has 4 N–H and O–H groups in total. The number of hydrogen-bond acceptors (Lipinski definition) is 2. The standard InChI is InChI=1S/C12H26N4/c1-10(2)6-5-9-14-12(16-13)15-11-7-3-4-8-11/h10-11H,3-9,13H2,1-2H3,(H2,14,15,16). The lowest BCUT2D eigenvalue weighted by Gasteiger charge is -2.15. The van der Waals surface area contributed by atoms with E-state index >= 15 is 0 Å². The van der Waals surface area contributed by atoms with Crippen LogP contribution in [0.15, 0.2) is 4.99 Å². The van der Waals surface area contributed by atoms with Crippen molar-refractivity contribution in [3.8, 4) is 0 Å². The van der Waals surface area contributed by atoms with Crippen molar-refractivity contribution >= 4 is 5.96 Å². The number of aliphatic imine (C=N–C) groups is 1. The smallest absolute Gasteiger partial charge is 0.205 e. The number of guanidine groups is 1. The van der Waals surface area contributed by atoms with Crippen molar-refractivity contribution in [2.45, 2.75) is 58.4 Å². The van der Waals surface area contributed by atoms with Crippen molar-refractivity contribution in [3.05, 3.63) is 0 Å². The molecule has 0 spiro atoms. The third-order valence-corrected chi connectivity index (χ3v) is 3.04. The molecule has 1 saturated carbocycles. The highest BCUT2D eigenvalue weighted by molar-refractivity contribution is 5.79. The monoisotopic (exact) mass is 226 g/mol. The summed E-state index contributed by atoms with van der Waals surface area (Å²) in [6, 6.07) is 0.569. The molecule has 0 amide bonds. The van der Waals surface area contributed by atoms with Crippen molar-refractivity contribution in [2.75, 3.05) is 6.54 Å². The molecule has 0 atom stereocenters. The Morgan fingerprint density at radius 1 is 1.38 bits per heavy atom. The zero-order valence-electron chi connectivity index (χ0n) is 10.6. The maximum atomic E-state index is 5.45. The van der Waals surface area contributed by atoms with Crippen molar-refractivity contribution in [3.63, 3.8) is 0 Å². The number of nitrogens with one attached hydrogen (secondary N) is 2. The maximum Gasteiger partial charge on any atom is 0.205 e. The third-order valence-electron chi connectivity index (χ3n) is 3.04. The van der Waals surface area contributed by atoms with Crippen LogP contribution in [0.5, 0.6) is 0 Å². The van der Waals surface area contributed by atoms with E-state index in [4.69, 9.17) is 5.84 Å². The lowest BCUT2D eigenvalue weighted by Crippen LogP contribution is -2.45. The molecule has 1 rings (SSSR count). The van der Waals surface area contributed by atoms with Crippen LogP contribution in [0.3, 0.4) is 0 Å². The van der Waals surface area contributed by atoms with Crippen LogP contribution in [-0.2, 0) is 0 Å². The van der Waals surface area contributed by atoms with Gasteiger partial charge in [-0.1, -0.05) is 26.7 Å². The highest BCUT2D eigenvalue weighted by Crippen LogP contribution is 2.17. The first-order valence-corrected chi connectivity index (χ1v) is 6.50. The minimum Gasteiger partial charge on any atom is -0.353 e. The average molecular weight is 226 g/mol. The lowest BCUT2D eigenvalue weighted by molar-refractivity contribution is 0.558. The van der Waals surface area contributed by atoms with Crippen LogP contribution in [0, 0.1) is 5.92 Å². The quantitative estimate of drug-likeness (QED) is 0.220. The molecule has 0 radical (unpaired) electrons. The van der Waals surface area contributed by atoms with Gasteiger partial charge in [-0.2, -0.15) is 0 Å². The molecule has 0 aromatic carbocycles. The Morgan fingerprint density at radius 2 is 2.06 bits per heavy atom. The second-order valence-electron chi connectivity index (χ2n) is 5.04. The van der Waals surface area contributed by atoms with Gasteiger partial charge in [0.15, 0.2) is 0 Å². The maximum absolute atomic E-state index is 5.45. The SMILES string of the molecule is CC(C)CCCN=C(NN)NC1CCCC1. The first-order chi connectivity index (χ1) is 7.72. The largest absolute Gasteiger partial charge is 0.353 e. The Labute approximate surface area is 99.1 Å². The molecule has 0 bridgehead atoms. The molecular weight excluding hydrogens is 200 g/mol. The van der Waals surface area contributed by atoms with Crippen molar-refractivity contribution in [2.24, 2.45) is 16.8 Å². The molecule has 1 fully saturated rings. The van der Waals surface area contributed by atoms with Gasteiger partial charge in [-0.15, -0.1) is 0 Å². The molecule has 0 saturated heterocycles. The van der Waals surface area contributed by atoms with Gasteiger partial charge in [-0.25, -0.2) is 5.84 Å². The van der Waals surface area contributed by atoms with Crippen LogP contribution < -0.4 is 16.6 Å². The number of nitrogens with zero attached hydrogens (tertiary/aromatic N) is 1. The fraction of sp³-hybridized carbons (Fsp3) is 0.917. The molecule has 0 heterocycles. The van der Waals surface area contributed by atoms with E-state index in [-0.39, 0.29) is 0 Å². The van der Waals surface area contributed by atoms with Gasteiger partial charge in [-0.3, -0.25) is 10.4 Å². The van der Waals surface area contributed by atoms with Crippen LogP contribution in [0.1, 0.15) is 52.4 Å². The molecule has 0 unspecified atom stereocenters. The second kappa shape index (κ2) is 7.49. The minimum absolute atomic E-state index is 0.569. The second-order valence-corrected chi connectivity index (χ2v) is 5.04. The van der Waals surface area contributed by atoms with Crippen LogP contribution in [0.25, 0.3) is 0 Å². The van der Waals surface area contributed by atoms with Gasteiger partial charge in [0, 0.05) is 12.6 Å². The van der Waals surface area contributed by atoms with Crippen molar-refractivity contribution < 1.29 is 0 Å². The van der Waals surface area contributed by atoms with E-state index in [1.165, 1.54) is 32.1 Å². The van der Waals surface area contributed by atoms with Crippen LogP contribution >= 0.6 is 0 Å². The summed E-state index contributed by atoms with van der Waals surface area (Å²) >= 11 is 0. The Kier molecular flexibility index (Phi) is 6.23. The topological polar surface area (TPSA) is 62.4 Å². The molecule has 1 aliphatic rings. The predicted molar refractivity (Wildman–Crippen MR) is 69.1 cm³/mol. The summed E-state index contributed by atoms with van der Waals surface area (Å²) in [5, 5.41) is 3.37. The average Bonchev–Trinajstić information content (AvgIpc) is 2.75. The Hall–Kier alpha value is -0.770. The summed E-state index contributed by atoms with van der Waals surface area (Å²) in [4.78, 5) is 4.45. The Morgan fingerprint density at radius 3 is 2.62 bits per heavy atom. The Balaban J connectivity index is 2.20. The molecular formula is C12H26N4. The molecule has 0 aromatic heterocycles. The van der Waals surface area contributed by atoms with Crippen molar-refractivity contribution in [1.82, 2.24) is 10.7 Å². The van der Waals surface area contributed by atoms with E-state index in [9.17, 15) is 0 Å². The van der Waals surface area contributed by atoms with Gasteiger partial charge in [0.25, 0.3) is 0 Å². The number of hydrazine groups is 1. The number of hydrogen-bond donors (Lipinski definition) is 3. The van der Waals surface area contributed by atoms with Gasteiger partial charge in [0.1, 0.15) is 0 Å². The fourth-order valence-corrected chi connectivity index (χ4v) is 2.09. The van der Waals surface area contributed by atoms with Crippen LogP contribution in [0.4, 0.5) is 0 Å². The van der Waals surface area contributed by atoms with Gasteiger partial charge < -0.3 is 5.32 Å². The molecule has 4 nitrogen and oxygen atoms in total. The molecule has 0 aromatic rings. The summed E-state index contributed by atoms with van der Waals surface area (Å²) < 4.78 is 0. The molecule has 4 heteroatoms. The minimum atomic E-state index is 0.569. The molecule has 0 aliphatic heterocycles. The molecule has 1 aliphatic carbocycles. The van der Waals surface area contributed by atoms with E-state index in [0.29, 0.717) is 6.04 Å². The zero-order valence-corrected chi connectivity index (χ0v) is 10.6. The number of rotatable bonds is 5. The summed E-state index contributed by atoms with van der Waals surface area (Å²) in [6.07, 6.45) is 7.49. The third kappa shape index (κ3) is 5.35. The van der Waals surface area contributed by atoms with Gasteiger partial charge in [0.05, 0.1) is 0 Å². The van der Waals surface area contributed by atoms with E-state index in [1.807, 2.05) is 0 Å². The van der Waals surface area contributed by atoms with E-state index in [0.717, 1.165) is 24.8 Å². The molecule has 94 valence electrons. The summed E-state index contributed by atoms with van der Waals surface area (Å²) in [5.74, 6) is 6.97. The lowest BCUT2D eigenvalue weighted by atomic mass is 10.1. The summed E-state index contributed by atoms with van der Waals surface area (Å²) in [5.41, 5.74) is 2.66. The van der Waals surface area contributed by atoms with Crippen LogP contribution in [-0.4, -0.2) is 18.5 Å². The van der Waals surface area contributed by atoms with E-state index < -0.39 is 0 Å². The highest BCUT2D eigenvalue weighted by Gasteiger charge is 2.15. The fourth-order valence-electron chi connectivity index (χ4n) is 2.09. The predicted octanol–water partition coefficient (Wildman–Crippen LogP) is 1.77. The van der Waals surface area contributed by atoms with Gasteiger partial charge in [-0.05, 0) is 31.6 Å². The van der Waals surface area contributed by atoms with Gasteiger partial charge >= 0.3 is 0 Å². The Bertz CT molecular complexity index is 207. The zero-order chi connectivity index (χ0) is 11.8. The number of nitrogens with two attached hydrogens (primary N) is 1. The first kappa shape index (κ1) is 13.3.